The first-order valence-electron chi connectivity index (χ1n) is 7.30. The zero-order chi connectivity index (χ0) is 17.9. The Hall–Kier alpha value is -2.20. The lowest BCUT2D eigenvalue weighted by Gasteiger charge is -2.16. The number of nitro groups is 1. The van der Waals surface area contributed by atoms with Gasteiger partial charge in [-0.25, -0.2) is 13.2 Å². The van der Waals surface area contributed by atoms with Gasteiger partial charge in [0.05, 0.1) is 16.9 Å². The molecule has 1 aliphatic rings. The molecular weight excluding hydrogens is 340 g/mol. The fourth-order valence-electron chi connectivity index (χ4n) is 2.38. The van der Waals surface area contributed by atoms with E-state index >= 15 is 0 Å². The van der Waals surface area contributed by atoms with Gasteiger partial charge in [-0.1, -0.05) is 0 Å². The minimum Gasteiger partial charge on any atom is -0.472 e. The van der Waals surface area contributed by atoms with E-state index < -0.39 is 32.7 Å². The highest BCUT2D eigenvalue weighted by Crippen LogP contribution is 2.32. The van der Waals surface area contributed by atoms with Crippen LogP contribution in [0.4, 0.5) is 5.69 Å². The number of hydrogen-bond acceptors (Lipinski definition) is 7. The van der Waals surface area contributed by atoms with Crippen molar-refractivity contribution in [2.75, 3.05) is 20.2 Å². The van der Waals surface area contributed by atoms with E-state index in [0.717, 1.165) is 18.9 Å². The van der Waals surface area contributed by atoms with Crippen LogP contribution in [0.25, 0.3) is 0 Å². The van der Waals surface area contributed by atoms with E-state index in [-0.39, 0.29) is 10.6 Å². The summed E-state index contributed by atoms with van der Waals surface area (Å²) in [5.74, 6) is -0.892. The van der Waals surface area contributed by atoms with Crippen LogP contribution in [0.2, 0.25) is 0 Å². The minimum atomic E-state index is -3.78. The summed E-state index contributed by atoms with van der Waals surface area (Å²) >= 11 is 0. The van der Waals surface area contributed by atoms with E-state index in [0.29, 0.717) is 13.1 Å². The van der Waals surface area contributed by atoms with Gasteiger partial charge in [0.15, 0.2) is 11.9 Å². The first-order valence-corrected chi connectivity index (χ1v) is 8.74. The summed E-state index contributed by atoms with van der Waals surface area (Å²) in [4.78, 5) is 21.7. The average Bonchev–Trinajstić information content (AvgIpc) is 3.09. The molecule has 0 spiro atoms. The highest BCUT2D eigenvalue weighted by atomic mass is 32.2. The first-order chi connectivity index (χ1) is 11.3. The predicted molar refractivity (Wildman–Crippen MR) is 83.2 cm³/mol. The van der Waals surface area contributed by atoms with Crippen LogP contribution in [-0.4, -0.2) is 49.9 Å². The molecule has 0 amide bonds. The molecule has 0 radical (unpaired) electrons. The van der Waals surface area contributed by atoms with Crippen molar-refractivity contribution in [2.45, 2.75) is 30.8 Å². The quantitative estimate of drug-likeness (QED) is 0.428. The molecule has 9 nitrogen and oxygen atoms in total. The second kappa shape index (κ2) is 7.14. The predicted octanol–water partition coefficient (Wildman–Crippen LogP) is 1.32. The Morgan fingerprint density at radius 2 is 1.96 bits per heavy atom. The second-order valence-corrected chi connectivity index (χ2v) is 7.22. The first kappa shape index (κ1) is 18.1. The number of rotatable bonds is 6. The molecule has 0 aromatic heterocycles. The molecule has 24 heavy (non-hydrogen) atoms. The van der Waals surface area contributed by atoms with Crippen molar-refractivity contribution < 1.29 is 27.6 Å². The molecule has 1 aliphatic heterocycles. The van der Waals surface area contributed by atoms with Gasteiger partial charge >= 0.3 is 11.7 Å². The monoisotopic (exact) mass is 358 g/mol. The molecule has 1 heterocycles. The molecule has 132 valence electrons. The molecule has 1 saturated heterocycles. The number of esters is 1. The zero-order valence-electron chi connectivity index (χ0n) is 13.3. The molecule has 0 bridgehead atoms. The maximum absolute atomic E-state index is 12.5. The largest absolute Gasteiger partial charge is 0.472 e. The van der Waals surface area contributed by atoms with Crippen molar-refractivity contribution in [2.24, 2.45) is 0 Å². The Morgan fingerprint density at radius 1 is 1.33 bits per heavy atom. The van der Waals surface area contributed by atoms with Crippen LogP contribution in [0.15, 0.2) is 23.1 Å². The van der Waals surface area contributed by atoms with Gasteiger partial charge in [0.1, 0.15) is 0 Å². The third-order valence-corrected chi connectivity index (χ3v) is 5.56. The third-order valence-electron chi connectivity index (χ3n) is 3.67. The van der Waals surface area contributed by atoms with Crippen molar-refractivity contribution in [1.82, 2.24) is 4.31 Å². The lowest BCUT2D eigenvalue weighted by molar-refractivity contribution is -0.386. The van der Waals surface area contributed by atoms with E-state index in [1.165, 1.54) is 30.5 Å². The number of nitro benzene ring substituents is 1. The van der Waals surface area contributed by atoms with Crippen molar-refractivity contribution in [3.05, 3.63) is 28.3 Å². The molecular formula is C14H18N2O7S. The summed E-state index contributed by atoms with van der Waals surface area (Å²) in [6.45, 7) is 2.17. The number of benzene rings is 1. The third kappa shape index (κ3) is 3.65. The van der Waals surface area contributed by atoms with Crippen molar-refractivity contribution in [1.29, 1.82) is 0 Å². The topological polar surface area (TPSA) is 116 Å². The van der Waals surface area contributed by atoms with E-state index in [9.17, 15) is 23.3 Å². The van der Waals surface area contributed by atoms with Gasteiger partial charge in [-0.05, 0) is 31.9 Å². The molecule has 1 aromatic rings. The Bertz CT molecular complexity index is 741. The maximum atomic E-state index is 12.5. The number of hydrogen-bond donors (Lipinski definition) is 0. The SMILES string of the molecule is COC(=O)[C@H](C)Oc1ccc(S(=O)(=O)N2CCCC2)cc1[N+](=O)[O-]. The zero-order valence-corrected chi connectivity index (χ0v) is 14.1. The maximum Gasteiger partial charge on any atom is 0.346 e. The number of carbonyl (C=O) groups is 1. The molecule has 10 heteroatoms. The second-order valence-electron chi connectivity index (χ2n) is 5.28. The normalized spacial score (nSPS) is 16.6. The van der Waals surface area contributed by atoms with Gasteiger partial charge in [-0.15, -0.1) is 0 Å². The van der Waals surface area contributed by atoms with Gasteiger partial charge in [-0.2, -0.15) is 4.31 Å². The van der Waals surface area contributed by atoms with E-state index in [1.807, 2.05) is 0 Å². The number of nitrogens with zero attached hydrogens (tertiary/aromatic N) is 2. The van der Waals surface area contributed by atoms with Crippen molar-refractivity contribution in [3.8, 4) is 5.75 Å². The van der Waals surface area contributed by atoms with E-state index in [4.69, 9.17) is 4.74 Å². The van der Waals surface area contributed by atoms with Crippen LogP contribution in [0, 0.1) is 10.1 Å². The standard InChI is InChI=1S/C14H18N2O7S/c1-10(14(17)22-2)23-13-6-5-11(9-12(13)16(18)19)24(20,21)15-7-3-4-8-15/h5-6,9-10H,3-4,7-8H2,1-2H3/t10-/m0/s1. The fraction of sp³-hybridized carbons (Fsp3) is 0.500. The van der Waals surface area contributed by atoms with Crippen LogP contribution in [-0.2, 0) is 19.6 Å². The van der Waals surface area contributed by atoms with Gasteiger partial charge in [0, 0.05) is 19.2 Å². The van der Waals surface area contributed by atoms with Gasteiger partial charge in [0.2, 0.25) is 10.0 Å². The number of methoxy groups -OCH3 is 1. The Kier molecular flexibility index (Phi) is 5.40. The van der Waals surface area contributed by atoms with Crippen molar-refractivity contribution in [3.63, 3.8) is 0 Å². The Labute approximate surface area is 139 Å². The lowest BCUT2D eigenvalue weighted by Crippen LogP contribution is -2.28. The van der Waals surface area contributed by atoms with Gasteiger partial charge in [-0.3, -0.25) is 10.1 Å². The minimum absolute atomic E-state index is 0.172. The molecule has 0 N–H and O–H groups in total. The van der Waals surface area contributed by atoms with Crippen LogP contribution in [0.5, 0.6) is 5.75 Å². The van der Waals surface area contributed by atoms with Gasteiger partial charge in [0.25, 0.3) is 0 Å². The number of carbonyl (C=O) groups excluding carboxylic acids is 1. The van der Waals surface area contributed by atoms with E-state index in [2.05, 4.69) is 4.74 Å². The Morgan fingerprint density at radius 3 is 2.50 bits per heavy atom. The summed E-state index contributed by atoms with van der Waals surface area (Å²) in [6, 6.07) is 3.37. The molecule has 0 saturated carbocycles. The highest BCUT2D eigenvalue weighted by molar-refractivity contribution is 7.89. The van der Waals surface area contributed by atoms with Crippen LogP contribution < -0.4 is 4.74 Å². The molecule has 0 aliphatic carbocycles. The molecule has 2 rings (SSSR count). The number of ether oxygens (including phenoxy) is 2. The van der Waals surface area contributed by atoms with E-state index in [1.54, 1.807) is 0 Å². The molecule has 1 fully saturated rings. The number of sulfonamides is 1. The summed E-state index contributed by atoms with van der Waals surface area (Å²) in [5, 5.41) is 11.2. The van der Waals surface area contributed by atoms with Crippen molar-refractivity contribution >= 4 is 21.7 Å². The summed E-state index contributed by atoms with van der Waals surface area (Å²) in [5.41, 5.74) is -0.522. The van der Waals surface area contributed by atoms with Crippen LogP contribution in [0.1, 0.15) is 19.8 Å². The van der Waals surface area contributed by atoms with Crippen LogP contribution >= 0.6 is 0 Å². The Balaban J connectivity index is 2.36. The summed E-state index contributed by atoms with van der Waals surface area (Å²) in [7, 11) is -2.61. The smallest absolute Gasteiger partial charge is 0.346 e. The summed E-state index contributed by atoms with van der Waals surface area (Å²) in [6.07, 6.45) is 0.466. The van der Waals surface area contributed by atoms with Gasteiger partial charge < -0.3 is 9.47 Å². The fourth-order valence-corrected chi connectivity index (χ4v) is 3.92. The molecule has 1 atom stereocenters. The highest BCUT2D eigenvalue weighted by Gasteiger charge is 2.30. The molecule has 0 unspecified atom stereocenters. The lowest BCUT2D eigenvalue weighted by atomic mass is 10.3. The molecule has 1 aromatic carbocycles. The average molecular weight is 358 g/mol. The van der Waals surface area contributed by atoms with Crippen LogP contribution in [0.3, 0.4) is 0 Å². The summed E-state index contributed by atoms with van der Waals surface area (Å²) < 4.78 is 36.0.